The van der Waals surface area contributed by atoms with Crippen LogP contribution in [0.3, 0.4) is 0 Å². The molecule has 0 unspecified atom stereocenters. The molecule has 6 nitrogen and oxygen atoms in total. The summed E-state index contributed by atoms with van der Waals surface area (Å²) in [5.74, 6) is 0.711. The van der Waals surface area contributed by atoms with Crippen LogP contribution in [0.1, 0.15) is 47.0 Å². The minimum Gasteiger partial charge on any atom is -0.495 e. The maximum atomic E-state index is 12.7. The molecule has 162 valence electrons. The fraction of sp³-hybridized carbons (Fsp3) is 0.429. The first-order valence-corrected chi connectivity index (χ1v) is 11.4. The molecule has 0 fully saturated rings. The molecule has 0 bridgehead atoms. The molecule has 0 spiro atoms. The van der Waals surface area contributed by atoms with E-state index in [0.29, 0.717) is 44.5 Å². The van der Waals surface area contributed by atoms with Gasteiger partial charge in [-0.3, -0.25) is 0 Å². The molecule has 9 heteroatoms. The Labute approximate surface area is 190 Å². The Morgan fingerprint density at radius 1 is 1.13 bits per heavy atom. The van der Waals surface area contributed by atoms with Gasteiger partial charge in [-0.15, -0.1) is 11.3 Å². The van der Waals surface area contributed by atoms with Crippen LogP contribution in [-0.2, 0) is 17.6 Å². The van der Waals surface area contributed by atoms with E-state index in [1.54, 1.807) is 37.7 Å². The van der Waals surface area contributed by atoms with Gasteiger partial charge in [-0.05, 0) is 50.4 Å². The van der Waals surface area contributed by atoms with E-state index in [2.05, 4.69) is 10.6 Å². The van der Waals surface area contributed by atoms with E-state index in [1.165, 1.54) is 11.3 Å². The number of hydrogen-bond acceptors (Lipinski definition) is 6. The third-order valence-corrected chi connectivity index (χ3v) is 6.56. The number of halogens is 1. The van der Waals surface area contributed by atoms with Crippen molar-refractivity contribution < 1.29 is 19.0 Å². The van der Waals surface area contributed by atoms with Crippen molar-refractivity contribution in [3.8, 4) is 11.5 Å². The van der Waals surface area contributed by atoms with Crippen molar-refractivity contribution in [2.24, 2.45) is 0 Å². The quantitative estimate of drug-likeness (QED) is 0.321. The first kappa shape index (κ1) is 22.7. The summed E-state index contributed by atoms with van der Waals surface area (Å²) in [6, 6.07) is 3.37. The zero-order valence-electron chi connectivity index (χ0n) is 17.2. The fourth-order valence-corrected chi connectivity index (χ4v) is 5.25. The minimum absolute atomic E-state index is 0.312. The molecule has 30 heavy (non-hydrogen) atoms. The predicted molar refractivity (Wildman–Crippen MR) is 126 cm³/mol. The van der Waals surface area contributed by atoms with Crippen LogP contribution in [0, 0.1) is 0 Å². The molecule has 1 aliphatic carbocycles. The lowest BCUT2D eigenvalue weighted by atomic mass is 10.1. The Morgan fingerprint density at radius 2 is 1.87 bits per heavy atom. The van der Waals surface area contributed by atoms with E-state index in [0.717, 1.165) is 31.2 Å². The maximum absolute atomic E-state index is 12.7. The standard InChI is InChI=1S/C21H25ClN2O4S2/c1-4-28-20(25)18-12-8-6-5-7-9-17(12)30-19(18)24-21(29)23-14-11-15(26-2)13(22)10-16(14)27-3/h10-11H,4-9H2,1-3H3,(H2,23,24,29). The van der Waals surface area contributed by atoms with Crippen molar-refractivity contribution in [2.75, 3.05) is 31.5 Å². The topological polar surface area (TPSA) is 68.8 Å². The summed E-state index contributed by atoms with van der Waals surface area (Å²) < 4.78 is 16.0. The third-order valence-electron chi connectivity index (χ3n) is 4.85. The van der Waals surface area contributed by atoms with Crippen LogP contribution in [0.15, 0.2) is 12.1 Å². The molecule has 0 saturated carbocycles. The van der Waals surface area contributed by atoms with Crippen molar-refractivity contribution in [3.05, 3.63) is 33.2 Å². The normalized spacial score (nSPS) is 13.1. The highest BCUT2D eigenvalue weighted by molar-refractivity contribution is 7.80. The monoisotopic (exact) mass is 468 g/mol. The number of methoxy groups -OCH3 is 2. The molecule has 1 aromatic carbocycles. The summed E-state index contributed by atoms with van der Waals surface area (Å²) in [7, 11) is 3.09. The molecule has 2 aromatic rings. The SMILES string of the molecule is CCOC(=O)c1c(NC(=S)Nc2cc(OC)c(Cl)cc2OC)sc2c1CCCCC2. The molecule has 3 rings (SSSR count). The molecule has 2 N–H and O–H groups in total. The molecule has 1 heterocycles. The second-order valence-corrected chi connectivity index (χ2v) is 8.68. The van der Waals surface area contributed by atoms with E-state index in [-0.39, 0.29) is 5.97 Å². The lowest BCUT2D eigenvalue weighted by molar-refractivity contribution is 0.0527. The summed E-state index contributed by atoms with van der Waals surface area (Å²) in [6.07, 6.45) is 5.21. The number of hydrogen-bond donors (Lipinski definition) is 2. The molecule has 0 saturated heterocycles. The average Bonchev–Trinajstić information content (AvgIpc) is 2.89. The van der Waals surface area contributed by atoms with Crippen LogP contribution in [-0.4, -0.2) is 31.9 Å². The largest absolute Gasteiger partial charge is 0.495 e. The number of thiophene rings is 1. The van der Waals surface area contributed by atoms with Gasteiger partial charge in [-0.25, -0.2) is 4.79 Å². The molecule has 1 aromatic heterocycles. The number of nitrogens with one attached hydrogen (secondary N) is 2. The van der Waals surface area contributed by atoms with E-state index in [1.807, 2.05) is 6.92 Å². The molecule has 1 aliphatic rings. The van der Waals surface area contributed by atoms with E-state index in [4.69, 9.17) is 38.0 Å². The number of anilines is 2. The predicted octanol–water partition coefficient (Wildman–Crippen LogP) is 5.67. The zero-order valence-corrected chi connectivity index (χ0v) is 19.6. The average molecular weight is 469 g/mol. The number of aryl methyl sites for hydroxylation is 1. The van der Waals surface area contributed by atoms with Gasteiger partial charge in [0, 0.05) is 17.0 Å². The highest BCUT2D eigenvalue weighted by Gasteiger charge is 2.26. The molecular weight excluding hydrogens is 444 g/mol. The first-order valence-electron chi connectivity index (χ1n) is 9.79. The number of carbonyl (C=O) groups excluding carboxylic acids is 1. The Kier molecular flexibility index (Phi) is 7.80. The summed E-state index contributed by atoms with van der Waals surface area (Å²) in [6.45, 7) is 2.13. The van der Waals surface area contributed by atoms with Crippen LogP contribution < -0.4 is 20.1 Å². The lowest BCUT2D eigenvalue weighted by Crippen LogP contribution is -2.21. The molecule has 0 amide bonds. The van der Waals surface area contributed by atoms with Gasteiger partial charge in [0.25, 0.3) is 0 Å². The molecule has 0 atom stereocenters. The Hall–Kier alpha value is -2.03. The van der Waals surface area contributed by atoms with Crippen LogP contribution >= 0.6 is 35.2 Å². The van der Waals surface area contributed by atoms with Crippen molar-refractivity contribution in [3.63, 3.8) is 0 Å². The summed E-state index contributed by atoms with van der Waals surface area (Å²) in [5.41, 5.74) is 2.29. The number of thiocarbonyl (C=S) groups is 1. The van der Waals surface area contributed by atoms with E-state index >= 15 is 0 Å². The number of benzene rings is 1. The van der Waals surface area contributed by atoms with Gasteiger partial charge in [0.15, 0.2) is 5.11 Å². The minimum atomic E-state index is -0.312. The summed E-state index contributed by atoms with van der Waals surface area (Å²) >= 11 is 13.3. The van der Waals surface area contributed by atoms with Gasteiger partial charge in [0.05, 0.1) is 37.1 Å². The molecular formula is C21H25ClN2O4S2. The zero-order chi connectivity index (χ0) is 21.7. The smallest absolute Gasteiger partial charge is 0.341 e. The number of rotatable bonds is 6. The van der Waals surface area contributed by atoms with Crippen LogP contribution in [0.5, 0.6) is 11.5 Å². The van der Waals surface area contributed by atoms with Crippen molar-refractivity contribution in [1.29, 1.82) is 0 Å². The summed E-state index contributed by atoms with van der Waals surface area (Å²) in [5, 5.41) is 7.78. The second-order valence-electron chi connectivity index (χ2n) is 6.76. The van der Waals surface area contributed by atoms with Crippen LogP contribution in [0.4, 0.5) is 10.7 Å². The number of fused-ring (bicyclic) bond motifs is 1. The highest BCUT2D eigenvalue weighted by Crippen LogP contribution is 2.39. The second kappa shape index (κ2) is 10.3. The van der Waals surface area contributed by atoms with E-state index in [9.17, 15) is 4.79 Å². The van der Waals surface area contributed by atoms with Gasteiger partial charge in [0.1, 0.15) is 16.5 Å². The molecule has 0 radical (unpaired) electrons. The van der Waals surface area contributed by atoms with Gasteiger partial charge in [-0.2, -0.15) is 0 Å². The molecule has 0 aliphatic heterocycles. The van der Waals surface area contributed by atoms with Crippen molar-refractivity contribution in [2.45, 2.75) is 39.0 Å². The third kappa shape index (κ3) is 4.99. The highest BCUT2D eigenvalue weighted by atomic mass is 35.5. The lowest BCUT2D eigenvalue weighted by Gasteiger charge is -2.15. The van der Waals surface area contributed by atoms with Gasteiger partial charge >= 0.3 is 5.97 Å². The van der Waals surface area contributed by atoms with Crippen molar-refractivity contribution in [1.82, 2.24) is 0 Å². The number of ether oxygens (including phenoxy) is 3. The van der Waals surface area contributed by atoms with Crippen LogP contribution in [0.2, 0.25) is 5.02 Å². The maximum Gasteiger partial charge on any atom is 0.341 e. The van der Waals surface area contributed by atoms with E-state index < -0.39 is 0 Å². The number of esters is 1. The van der Waals surface area contributed by atoms with Crippen molar-refractivity contribution >= 4 is 56.9 Å². The first-order chi connectivity index (χ1) is 14.5. The summed E-state index contributed by atoms with van der Waals surface area (Å²) in [4.78, 5) is 13.9. The van der Waals surface area contributed by atoms with Gasteiger partial charge < -0.3 is 24.8 Å². The Morgan fingerprint density at radius 3 is 2.57 bits per heavy atom. The fourth-order valence-electron chi connectivity index (χ4n) is 3.46. The Bertz CT molecular complexity index is 946. The van der Waals surface area contributed by atoms with Gasteiger partial charge in [0.2, 0.25) is 0 Å². The van der Waals surface area contributed by atoms with Gasteiger partial charge in [-0.1, -0.05) is 18.0 Å². The Balaban J connectivity index is 1.87. The number of carbonyl (C=O) groups is 1. The van der Waals surface area contributed by atoms with Crippen LogP contribution in [0.25, 0.3) is 0 Å².